The molecule has 0 aliphatic carbocycles. The van der Waals surface area contributed by atoms with Crippen LogP contribution in [0.1, 0.15) is 13.8 Å². The second kappa shape index (κ2) is 11.3. The Labute approximate surface area is 101 Å². The first-order chi connectivity index (χ1) is 7.81. The van der Waals surface area contributed by atoms with Crippen molar-refractivity contribution >= 4 is 10.4 Å². The van der Waals surface area contributed by atoms with Crippen LogP contribution in [0.3, 0.4) is 0 Å². The number of aromatic hydroxyl groups is 1. The van der Waals surface area contributed by atoms with Gasteiger partial charge in [-0.2, -0.15) is 8.42 Å². The van der Waals surface area contributed by atoms with Crippen molar-refractivity contribution in [1.82, 2.24) is 0 Å². The van der Waals surface area contributed by atoms with Crippen LogP contribution in [-0.2, 0) is 15.1 Å². The van der Waals surface area contributed by atoms with E-state index < -0.39 is 10.4 Å². The highest BCUT2D eigenvalue weighted by atomic mass is 32.3. The smallest absolute Gasteiger partial charge is 0.394 e. The first kappa shape index (κ1) is 18.2. The molecular formula is C10H18O6S. The Morgan fingerprint density at radius 2 is 1.41 bits per heavy atom. The fourth-order valence-corrected chi connectivity index (χ4v) is 0.632. The molecule has 0 saturated heterocycles. The zero-order valence-corrected chi connectivity index (χ0v) is 10.6. The Hall–Kier alpha value is -1.15. The van der Waals surface area contributed by atoms with Crippen LogP contribution in [0.4, 0.5) is 0 Å². The molecule has 1 aromatic carbocycles. The Balaban J connectivity index is 0. The summed E-state index contributed by atoms with van der Waals surface area (Å²) in [6.45, 7) is 5.67. The molecule has 0 aliphatic rings. The average Bonchev–Trinajstić information content (AvgIpc) is 2.18. The molecule has 1 rings (SSSR count). The van der Waals surface area contributed by atoms with Crippen LogP contribution in [0.5, 0.6) is 5.75 Å². The van der Waals surface area contributed by atoms with E-state index >= 15 is 0 Å². The average molecular weight is 266 g/mol. The minimum Gasteiger partial charge on any atom is -0.508 e. The van der Waals surface area contributed by atoms with Crippen molar-refractivity contribution in [2.24, 2.45) is 0 Å². The van der Waals surface area contributed by atoms with Crippen molar-refractivity contribution in [2.45, 2.75) is 13.8 Å². The summed E-state index contributed by atoms with van der Waals surface area (Å²) >= 11 is 0. The standard InChI is InChI=1S/C6H6O.C4H10O.H2O4S/c7-6-4-2-1-3-5-6;1-3-5-4-2;1-5(2,3)4/h1-5,7H;3-4H2,1-2H3;(H2,1,2,3,4). The second-order valence-corrected chi connectivity index (χ2v) is 3.46. The molecule has 0 fully saturated rings. The fraction of sp³-hybridized carbons (Fsp3) is 0.400. The highest BCUT2D eigenvalue weighted by Crippen LogP contribution is 2.02. The molecule has 17 heavy (non-hydrogen) atoms. The van der Waals surface area contributed by atoms with Crippen LogP contribution in [0.15, 0.2) is 30.3 Å². The third-order valence-corrected chi connectivity index (χ3v) is 1.16. The van der Waals surface area contributed by atoms with E-state index in [1.807, 2.05) is 19.9 Å². The van der Waals surface area contributed by atoms with Crippen LogP contribution in [0, 0.1) is 0 Å². The number of para-hydroxylation sites is 1. The number of hydrogen-bond acceptors (Lipinski definition) is 4. The molecule has 0 radical (unpaired) electrons. The third kappa shape index (κ3) is 31.3. The van der Waals surface area contributed by atoms with Gasteiger partial charge < -0.3 is 9.84 Å². The van der Waals surface area contributed by atoms with Crippen molar-refractivity contribution < 1.29 is 27.4 Å². The normalized spacial score (nSPS) is 9.41. The van der Waals surface area contributed by atoms with Crippen LogP contribution in [0.25, 0.3) is 0 Å². The summed E-state index contributed by atoms with van der Waals surface area (Å²) in [7, 11) is -4.67. The van der Waals surface area contributed by atoms with Crippen molar-refractivity contribution in [1.29, 1.82) is 0 Å². The van der Waals surface area contributed by atoms with Gasteiger partial charge >= 0.3 is 10.4 Å². The Morgan fingerprint density at radius 3 is 1.53 bits per heavy atom. The Kier molecular flexibility index (Phi) is 12.2. The number of phenolic OH excluding ortho intramolecular Hbond substituents is 1. The first-order valence-corrected chi connectivity index (χ1v) is 6.22. The van der Waals surface area contributed by atoms with E-state index in [4.69, 9.17) is 27.4 Å². The van der Waals surface area contributed by atoms with Gasteiger partial charge in [-0.05, 0) is 26.0 Å². The van der Waals surface area contributed by atoms with Crippen molar-refractivity contribution in [3.05, 3.63) is 30.3 Å². The molecule has 0 amide bonds. The predicted molar refractivity (Wildman–Crippen MR) is 64.5 cm³/mol. The highest BCUT2D eigenvalue weighted by molar-refractivity contribution is 7.79. The van der Waals surface area contributed by atoms with Gasteiger partial charge in [0.25, 0.3) is 0 Å². The van der Waals surface area contributed by atoms with Crippen LogP contribution in [0.2, 0.25) is 0 Å². The Bertz CT molecular complexity index is 338. The minimum absolute atomic E-state index is 0.322. The van der Waals surface area contributed by atoms with Crippen molar-refractivity contribution in [3.63, 3.8) is 0 Å². The van der Waals surface area contributed by atoms with Crippen molar-refractivity contribution in [2.75, 3.05) is 13.2 Å². The maximum absolute atomic E-state index is 8.74. The van der Waals surface area contributed by atoms with Crippen molar-refractivity contribution in [3.8, 4) is 5.75 Å². The molecule has 0 aromatic heterocycles. The quantitative estimate of drug-likeness (QED) is 0.705. The fourth-order valence-electron chi connectivity index (χ4n) is 0.632. The predicted octanol–water partition coefficient (Wildman–Crippen LogP) is 1.78. The summed E-state index contributed by atoms with van der Waals surface area (Å²) in [5, 5.41) is 8.63. The third-order valence-electron chi connectivity index (χ3n) is 1.16. The molecule has 3 N–H and O–H groups in total. The van der Waals surface area contributed by atoms with Gasteiger partial charge in [-0.15, -0.1) is 0 Å². The van der Waals surface area contributed by atoms with Crippen LogP contribution < -0.4 is 0 Å². The molecular weight excluding hydrogens is 248 g/mol. The lowest BCUT2D eigenvalue weighted by atomic mass is 10.3. The molecule has 0 saturated carbocycles. The lowest BCUT2D eigenvalue weighted by molar-refractivity contribution is 0.162. The summed E-state index contributed by atoms with van der Waals surface area (Å²) < 4.78 is 36.4. The van der Waals surface area contributed by atoms with Crippen LogP contribution in [-0.4, -0.2) is 35.8 Å². The lowest BCUT2D eigenvalue weighted by Gasteiger charge is -1.86. The number of hydrogen-bond donors (Lipinski definition) is 3. The first-order valence-electron chi connectivity index (χ1n) is 4.82. The molecule has 1 aromatic rings. The van der Waals surface area contributed by atoms with Gasteiger partial charge in [0.2, 0.25) is 0 Å². The van der Waals surface area contributed by atoms with E-state index in [0.717, 1.165) is 13.2 Å². The number of rotatable bonds is 2. The molecule has 0 unspecified atom stereocenters. The summed E-state index contributed by atoms with van der Waals surface area (Å²) in [5.74, 6) is 0.322. The number of ether oxygens (including phenoxy) is 1. The largest absolute Gasteiger partial charge is 0.508 e. The highest BCUT2D eigenvalue weighted by Gasteiger charge is 1.84. The molecule has 0 atom stereocenters. The Morgan fingerprint density at radius 1 is 1.06 bits per heavy atom. The van der Waals surface area contributed by atoms with Gasteiger partial charge in [-0.1, -0.05) is 18.2 Å². The van der Waals surface area contributed by atoms with Gasteiger partial charge in [-0.3, -0.25) is 9.11 Å². The van der Waals surface area contributed by atoms with E-state index in [1.165, 1.54) is 0 Å². The monoisotopic (exact) mass is 266 g/mol. The summed E-state index contributed by atoms with van der Waals surface area (Å²) in [4.78, 5) is 0. The topological polar surface area (TPSA) is 104 Å². The maximum atomic E-state index is 8.74. The summed E-state index contributed by atoms with van der Waals surface area (Å²) in [6, 6.07) is 8.71. The van der Waals surface area contributed by atoms with E-state index in [1.54, 1.807) is 24.3 Å². The molecule has 0 heterocycles. The summed E-state index contributed by atoms with van der Waals surface area (Å²) in [5.41, 5.74) is 0. The maximum Gasteiger partial charge on any atom is 0.394 e. The lowest BCUT2D eigenvalue weighted by Crippen LogP contribution is -1.89. The molecule has 7 heteroatoms. The van der Waals surface area contributed by atoms with E-state index in [0.29, 0.717) is 5.75 Å². The molecule has 0 aliphatic heterocycles. The molecule has 6 nitrogen and oxygen atoms in total. The zero-order chi connectivity index (χ0) is 13.7. The molecule has 0 bridgehead atoms. The van der Waals surface area contributed by atoms with Gasteiger partial charge in [0.05, 0.1) is 0 Å². The van der Waals surface area contributed by atoms with Crippen LogP contribution >= 0.6 is 0 Å². The van der Waals surface area contributed by atoms with E-state index in [9.17, 15) is 0 Å². The minimum atomic E-state index is -4.67. The number of benzene rings is 1. The van der Waals surface area contributed by atoms with Gasteiger partial charge in [0.15, 0.2) is 0 Å². The van der Waals surface area contributed by atoms with E-state index in [2.05, 4.69) is 0 Å². The summed E-state index contributed by atoms with van der Waals surface area (Å²) in [6.07, 6.45) is 0. The molecule has 0 spiro atoms. The van der Waals surface area contributed by atoms with Gasteiger partial charge in [-0.25, -0.2) is 0 Å². The van der Waals surface area contributed by atoms with E-state index in [-0.39, 0.29) is 0 Å². The zero-order valence-electron chi connectivity index (χ0n) is 9.78. The molecule has 100 valence electrons. The van der Waals surface area contributed by atoms with Gasteiger partial charge in [0, 0.05) is 13.2 Å². The second-order valence-electron chi connectivity index (χ2n) is 2.56. The van der Waals surface area contributed by atoms with Gasteiger partial charge in [0.1, 0.15) is 5.75 Å². The number of phenols is 1. The SMILES string of the molecule is CCOCC.O=S(=O)(O)O.Oc1ccccc1.